The molecule has 2 aromatic carbocycles. The lowest BCUT2D eigenvalue weighted by Gasteiger charge is -2.12. The van der Waals surface area contributed by atoms with Crippen molar-refractivity contribution in [3.8, 4) is 0 Å². The molecule has 0 saturated heterocycles. The van der Waals surface area contributed by atoms with Crippen molar-refractivity contribution < 1.29 is 0 Å². The van der Waals surface area contributed by atoms with Crippen LogP contribution in [-0.4, -0.2) is 18.8 Å². The van der Waals surface area contributed by atoms with Crippen molar-refractivity contribution in [3.63, 3.8) is 0 Å². The Morgan fingerprint density at radius 3 is 1.97 bits per heavy atom. The molecule has 1 aliphatic rings. The molecule has 0 amide bonds. The number of benzene rings is 2. The Labute approximate surface area is 226 Å². The lowest BCUT2D eigenvalue weighted by atomic mass is 9.96. The van der Waals surface area contributed by atoms with Crippen LogP contribution in [-0.2, 0) is 0 Å². The van der Waals surface area contributed by atoms with Gasteiger partial charge < -0.3 is 0 Å². The van der Waals surface area contributed by atoms with E-state index in [0.29, 0.717) is 33.5 Å². The minimum absolute atomic E-state index is 0.136. The van der Waals surface area contributed by atoms with E-state index in [2.05, 4.69) is 20.4 Å². The monoisotopic (exact) mass is 516 g/mol. The molecule has 39 heavy (non-hydrogen) atoms. The fourth-order valence-corrected chi connectivity index (χ4v) is 5.33. The number of aromatic nitrogens is 4. The van der Waals surface area contributed by atoms with E-state index in [9.17, 15) is 9.59 Å². The van der Waals surface area contributed by atoms with Crippen LogP contribution in [0.2, 0.25) is 0 Å². The standard InChI is InChI=1S/C28H18N4O2.C3H8.C2H6/c1-3-8-21-19(4-2)29-25-15-11-13-18-24-16(12-14-17(23(15)24)27(33)31(21)25)26-30-20-9-6-5-7-10-22(20)32(26)28(18)34;1-3-2;1-2/h3-4,6-14H,2,5H2,1H3;3H2,1-2H3;1-2H3/b8-3-;;. The maximum atomic E-state index is 13.7. The Morgan fingerprint density at radius 1 is 0.846 bits per heavy atom. The quantitative estimate of drug-likeness (QED) is 0.222. The Hall–Kier alpha value is -4.58. The SMILES string of the molecule is C=Cc1nc2c3ccc4c(=O)n5c6c(nc5c5ccc(c(=O)n2c1/C=C\C)c3c45)C=CCC=C6.CC.CCC. The van der Waals surface area contributed by atoms with Crippen LogP contribution in [0.4, 0.5) is 0 Å². The van der Waals surface area contributed by atoms with Crippen molar-refractivity contribution in [2.45, 2.75) is 47.5 Å². The number of nitrogens with zero attached hydrogens (tertiary/aromatic N) is 4. The third-order valence-electron chi connectivity index (χ3n) is 6.73. The van der Waals surface area contributed by atoms with Crippen molar-refractivity contribution in [2.75, 3.05) is 0 Å². The van der Waals surface area contributed by atoms with E-state index in [1.54, 1.807) is 14.9 Å². The zero-order valence-electron chi connectivity index (χ0n) is 23.1. The highest BCUT2D eigenvalue weighted by Crippen LogP contribution is 2.36. The summed E-state index contributed by atoms with van der Waals surface area (Å²) in [5.74, 6) is 0. The molecule has 0 spiro atoms. The van der Waals surface area contributed by atoms with Gasteiger partial charge in [-0.25, -0.2) is 9.97 Å². The van der Waals surface area contributed by atoms with Gasteiger partial charge >= 0.3 is 0 Å². The van der Waals surface area contributed by atoms with E-state index < -0.39 is 0 Å². The summed E-state index contributed by atoms with van der Waals surface area (Å²) < 4.78 is 3.33. The van der Waals surface area contributed by atoms with Gasteiger partial charge in [-0.2, -0.15) is 0 Å². The number of imidazole rings is 2. The zero-order chi connectivity index (χ0) is 27.8. The molecule has 6 nitrogen and oxygen atoms in total. The van der Waals surface area contributed by atoms with Crippen LogP contribution in [0.1, 0.15) is 70.2 Å². The highest BCUT2D eigenvalue weighted by atomic mass is 16.1. The third kappa shape index (κ3) is 3.70. The summed E-state index contributed by atoms with van der Waals surface area (Å²) in [6.45, 7) is 14.0. The molecule has 6 aromatic rings. The summed E-state index contributed by atoms with van der Waals surface area (Å²) in [7, 11) is 0. The van der Waals surface area contributed by atoms with Gasteiger partial charge in [-0.3, -0.25) is 18.4 Å². The van der Waals surface area contributed by atoms with E-state index in [1.165, 1.54) is 6.42 Å². The predicted molar refractivity (Wildman–Crippen MR) is 166 cm³/mol. The van der Waals surface area contributed by atoms with Gasteiger partial charge in [-0.1, -0.05) is 58.9 Å². The second-order valence-electron chi connectivity index (χ2n) is 9.22. The van der Waals surface area contributed by atoms with E-state index in [4.69, 9.17) is 9.97 Å². The zero-order valence-corrected chi connectivity index (χ0v) is 23.1. The molecule has 0 radical (unpaired) electrons. The van der Waals surface area contributed by atoms with Gasteiger partial charge in [0, 0.05) is 32.3 Å². The van der Waals surface area contributed by atoms with Gasteiger partial charge in [0.1, 0.15) is 11.3 Å². The number of fused-ring (bicyclic) bond motifs is 6. The molecule has 196 valence electrons. The highest BCUT2D eigenvalue weighted by Gasteiger charge is 2.23. The first-order valence-electron chi connectivity index (χ1n) is 13.6. The number of hydrogen-bond donors (Lipinski definition) is 0. The minimum Gasteiger partial charge on any atom is -0.268 e. The van der Waals surface area contributed by atoms with Crippen molar-refractivity contribution in [2.24, 2.45) is 0 Å². The summed E-state index contributed by atoms with van der Waals surface area (Å²) in [6.07, 6.45) is 15.4. The van der Waals surface area contributed by atoms with Crippen molar-refractivity contribution in [1.29, 1.82) is 0 Å². The molecule has 0 unspecified atom stereocenters. The highest BCUT2D eigenvalue weighted by molar-refractivity contribution is 6.27. The summed E-state index contributed by atoms with van der Waals surface area (Å²) >= 11 is 0. The van der Waals surface area contributed by atoms with Crippen LogP contribution in [0.5, 0.6) is 0 Å². The van der Waals surface area contributed by atoms with E-state index in [0.717, 1.165) is 39.4 Å². The Kier molecular flexibility index (Phi) is 6.87. The molecule has 4 heterocycles. The first-order valence-corrected chi connectivity index (χ1v) is 13.6. The van der Waals surface area contributed by atoms with Gasteiger partial charge in [-0.15, -0.1) is 0 Å². The van der Waals surface area contributed by atoms with Crippen LogP contribution in [0.15, 0.2) is 58.7 Å². The second kappa shape index (κ2) is 10.3. The number of hydrogen-bond acceptors (Lipinski definition) is 4. The van der Waals surface area contributed by atoms with E-state index >= 15 is 0 Å². The number of rotatable bonds is 2. The Balaban J connectivity index is 0.000000579. The number of pyridine rings is 2. The molecule has 1 aliphatic carbocycles. The topological polar surface area (TPSA) is 68.7 Å². The molecule has 4 aromatic heterocycles. The first-order chi connectivity index (χ1) is 19.0. The largest absolute Gasteiger partial charge is 0.268 e. The molecule has 7 rings (SSSR count). The average Bonchev–Trinajstić information content (AvgIpc) is 3.42. The molecule has 6 heteroatoms. The lowest BCUT2D eigenvalue weighted by molar-refractivity contribution is 1.09. The van der Waals surface area contributed by atoms with Crippen LogP contribution < -0.4 is 11.1 Å². The van der Waals surface area contributed by atoms with Gasteiger partial charge in [0.2, 0.25) is 0 Å². The molecule has 0 atom stereocenters. The molecule has 0 bridgehead atoms. The van der Waals surface area contributed by atoms with E-state index in [-0.39, 0.29) is 11.1 Å². The fraction of sp³-hybridized carbons (Fsp3) is 0.212. The third-order valence-corrected chi connectivity index (χ3v) is 6.73. The molecule has 0 saturated carbocycles. The normalized spacial score (nSPS) is 12.7. The van der Waals surface area contributed by atoms with Crippen molar-refractivity contribution in [1.82, 2.24) is 18.8 Å². The van der Waals surface area contributed by atoms with Gasteiger partial charge in [0.15, 0.2) is 0 Å². The summed E-state index contributed by atoms with van der Waals surface area (Å²) in [4.78, 5) is 37.0. The molecule has 0 aliphatic heterocycles. The summed E-state index contributed by atoms with van der Waals surface area (Å²) in [5.41, 5.74) is 3.76. The lowest BCUT2D eigenvalue weighted by Crippen LogP contribution is -2.17. The fourth-order valence-electron chi connectivity index (χ4n) is 5.33. The second-order valence-corrected chi connectivity index (χ2v) is 9.22. The minimum atomic E-state index is -0.164. The van der Waals surface area contributed by atoms with Crippen LogP contribution in [0, 0.1) is 0 Å². The number of allylic oxidation sites excluding steroid dienone is 3. The van der Waals surface area contributed by atoms with Crippen LogP contribution in [0.25, 0.3) is 67.9 Å². The Bertz CT molecular complexity index is 1980. The first kappa shape index (κ1) is 26.0. The maximum Gasteiger partial charge on any atom is 0.264 e. The van der Waals surface area contributed by atoms with E-state index in [1.807, 2.05) is 81.5 Å². The predicted octanol–water partition coefficient (Wildman–Crippen LogP) is 7.59. The molecular weight excluding hydrogens is 484 g/mol. The van der Waals surface area contributed by atoms with Gasteiger partial charge in [-0.05, 0) is 61.9 Å². The van der Waals surface area contributed by atoms with Crippen molar-refractivity contribution in [3.05, 3.63) is 92.6 Å². The van der Waals surface area contributed by atoms with Gasteiger partial charge in [0.05, 0.1) is 22.8 Å². The molecule has 0 fully saturated rings. The smallest absolute Gasteiger partial charge is 0.264 e. The van der Waals surface area contributed by atoms with Gasteiger partial charge in [0.25, 0.3) is 11.1 Å². The summed E-state index contributed by atoms with van der Waals surface area (Å²) in [5, 5.41) is 4.30. The summed E-state index contributed by atoms with van der Waals surface area (Å²) in [6, 6.07) is 7.49. The van der Waals surface area contributed by atoms with Crippen LogP contribution >= 0.6 is 0 Å². The average molecular weight is 517 g/mol. The van der Waals surface area contributed by atoms with Crippen LogP contribution in [0.3, 0.4) is 0 Å². The maximum absolute atomic E-state index is 13.7. The van der Waals surface area contributed by atoms with Crippen molar-refractivity contribution >= 4 is 67.9 Å². The Morgan fingerprint density at radius 2 is 1.38 bits per heavy atom. The molecule has 0 N–H and O–H groups in total. The molecular formula is C33H32N4O2.